The minimum absolute atomic E-state index is 0.0476. The van der Waals surface area contributed by atoms with Gasteiger partial charge in [-0.25, -0.2) is 0 Å². The van der Waals surface area contributed by atoms with Crippen LogP contribution in [0.1, 0.15) is 55.3 Å². The summed E-state index contributed by atoms with van der Waals surface area (Å²) in [5.74, 6) is 0.433. The van der Waals surface area contributed by atoms with Gasteiger partial charge in [-0.2, -0.15) is 0 Å². The average molecular weight is 409 g/mol. The number of likely N-dealkylation sites (tertiary alicyclic amines) is 1. The number of anilines is 1. The third-order valence-corrected chi connectivity index (χ3v) is 5.90. The fourth-order valence-corrected chi connectivity index (χ4v) is 4.21. The van der Waals surface area contributed by atoms with Crippen LogP contribution in [0.3, 0.4) is 0 Å². The van der Waals surface area contributed by atoms with Gasteiger partial charge in [0.1, 0.15) is 5.75 Å². The van der Waals surface area contributed by atoms with E-state index in [-0.39, 0.29) is 23.8 Å². The first-order valence-electron chi connectivity index (χ1n) is 10.8. The van der Waals surface area contributed by atoms with Gasteiger partial charge in [-0.05, 0) is 49.9 Å². The number of carbonyl (C=O) groups is 2. The predicted molar refractivity (Wildman–Crippen MR) is 120 cm³/mol. The first kappa shape index (κ1) is 21.9. The second kappa shape index (κ2) is 9.79. The summed E-state index contributed by atoms with van der Waals surface area (Å²) in [7, 11) is 1.63. The molecule has 0 saturated carbocycles. The van der Waals surface area contributed by atoms with E-state index in [0.29, 0.717) is 25.1 Å². The molecule has 2 aromatic carbocycles. The van der Waals surface area contributed by atoms with E-state index >= 15 is 0 Å². The largest absolute Gasteiger partial charge is 0.496 e. The quantitative estimate of drug-likeness (QED) is 0.699. The summed E-state index contributed by atoms with van der Waals surface area (Å²) in [6.07, 6.45) is 2.81. The summed E-state index contributed by atoms with van der Waals surface area (Å²) in [4.78, 5) is 28.2. The molecule has 30 heavy (non-hydrogen) atoms. The summed E-state index contributed by atoms with van der Waals surface area (Å²) in [6, 6.07) is 13.4. The Morgan fingerprint density at radius 3 is 2.70 bits per heavy atom. The Balaban J connectivity index is 1.98. The zero-order chi connectivity index (χ0) is 21.7. The second-order valence-corrected chi connectivity index (χ2v) is 8.08. The van der Waals surface area contributed by atoms with Gasteiger partial charge in [0.25, 0.3) is 0 Å². The molecular formula is C25H32N2O3. The highest BCUT2D eigenvalue weighted by molar-refractivity contribution is 5.95. The lowest BCUT2D eigenvalue weighted by Gasteiger charge is -2.41. The molecule has 2 aromatic rings. The van der Waals surface area contributed by atoms with Gasteiger partial charge in [0.05, 0.1) is 19.1 Å². The first-order chi connectivity index (χ1) is 14.5. The number of methoxy groups -OCH3 is 1. The van der Waals surface area contributed by atoms with Crippen LogP contribution >= 0.6 is 0 Å². The topological polar surface area (TPSA) is 58.6 Å². The van der Waals surface area contributed by atoms with Gasteiger partial charge in [-0.1, -0.05) is 43.7 Å². The number of nitrogens with one attached hydrogen (secondary N) is 1. The van der Waals surface area contributed by atoms with Crippen LogP contribution in [0.15, 0.2) is 42.5 Å². The molecule has 0 bridgehead atoms. The molecule has 1 aliphatic heterocycles. The molecular weight excluding hydrogens is 376 g/mol. The Labute approximate surface area is 179 Å². The summed E-state index contributed by atoms with van der Waals surface area (Å²) < 4.78 is 5.60. The lowest BCUT2D eigenvalue weighted by Crippen LogP contribution is -2.47. The maximum atomic E-state index is 13.5. The molecule has 160 valence electrons. The highest BCUT2D eigenvalue weighted by atomic mass is 16.5. The number of aryl methyl sites for hydroxylation is 2. The number of carbonyl (C=O) groups excluding carboxylic acids is 2. The lowest BCUT2D eigenvalue weighted by atomic mass is 9.83. The third-order valence-electron chi connectivity index (χ3n) is 5.90. The normalized spacial score (nSPS) is 18.9. The zero-order valence-electron chi connectivity index (χ0n) is 18.4. The maximum absolute atomic E-state index is 13.5. The minimum Gasteiger partial charge on any atom is -0.496 e. The highest BCUT2D eigenvalue weighted by Crippen LogP contribution is 2.41. The van der Waals surface area contributed by atoms with Crippen molar-refractivity contribution >= 4 is 17.5 Å². The number of para-hydroxylation sites is 1. The molecule has 0 spiro atoms. The Bertz CT molecular complexity index is 909. The number of amides is 2. The van der Waals surface area contributed by atoms with Gasteiger partial charge in [-0.3, -0.25) is 9.59 Å². The Morgan fingerprint density at radius 2 is 1.97 bits per heavy atom. The number of nitrogens with zero attached hydrogens (tertiary/aromatic N) is 1. The van der Waals surface area contributed by atoms with E-state index in [1.807, 2.05) is 61.2 Å². The van der Waals surface area contributed by atoms with Crippen LogP contribution in [0, 0.1) is 19.8 Å². The molecule has 1 heterocycles. The molecule has 1 saturated heterocycles. The molecule has 0 aliphatic carbocycles. The SMILES string of the molecule is CCCCN1C(=O)CC[C@H](C(=O)Nc2cc(C)ccc2C)[C@H]1c1ccccc1OC. The molecule has 0 unspecified atom stereocenters. The lowest BCUT2D eigenvalue weighted by molar-refractivity contribution is -0.142. The molecule has 5 heteroatoms. The summed E-state index contributed by atoms with van der Waals surface area (Å²) in [5.41, 5.74) is 3.85. The van der Waals surface area contributed by atoms with Crippen LogP contribution in [0.4, 0.5) is 5.69 Å². The van der Waals surface area contributed by atoms with Gasteiger partial charge in [0.15, 0.2) is 0 Å². The minimum atomic E-state index is -0.337. The number of rotatable bonds is 7. The van der Waals surface area contributed by atoms with Crippen LogP contribution in [0.2, 0.25) is 0 Å². The fraction of sp³-hybridized carbons (Fsp3) is 0.440. The zero-order valence-corrected chi connectivity index (χ0v) is 18.4. The van der Waals surface area contributed by atoms with Crippen LogP contribution in [-0.2, 0) is 9.59 Å². The molecule has 1 aliphatic rings. The average Bonchev–Trinajstić information content (AvgIpc) is 2.75. The van der Waals surface area contributed by atoms with Crippen LogP contribution in [0.25, 0.3) is 0 Å². The Morgan fingerprint density at radius 1 is 1.20 bits per heavy atom. The van der Waals surface area contributed by atoms with Gasteiger partial charge >= 0.3 is 0 Å². The van der Waals surface area contributed by atoms with Crippen LogP contribution < -0.4 is 10.1 Å². The molecule has 0 radical (unpaired) electrons. The van der Waals surface area contributed by atoms with Crippen molar-refractivity contribution in [2.24, 2.45) is 5.92 Å². The van der Waals surface area contributed by atoms with E-state index in [2.05, 4.69) is 12.2 Å². The van der Waals surface area contributed by atoms with Gasteiger partial charge < -0.3 is 15.0 Å². The number of ether oxygens (including phenoxy) is 1. The molecule has 1 fully saturated rings. The van der Waals surface area contributed by atoms with Crippen molar-refractivity contribution in [1.29, 1.82) is 0 Å². The van der Waals surface area contributed by atoms with E-state index in [9.17, 15) is 9.59 Å². The molecule has 5 nitrogen and oxygen atoms in total. The van der Waals surface area contributed by atoms with Crippen molar-refractivity contribution in [3.63, 3.8) is 0 Å². The number of hydrogen-bond donors (Lipinski definition) is 1. The molecule has 2 amide bonds. The third kappa shape index (κ3) is 4.66. The Kier molecular flexibility index (Phi) is 7.14. The molecule has 2 atom stereocenters. The first-order valence-corrected chi connectivity index (χ1v) is 10.8. The number of hydrogen-bond acceptors (Lipinski definition) is 3. The van der Waals surface area contributed by atoms with E-state index in [4.69, 9.17) is 4.74 Å². The number of unbranched alkanes of at least 4 members (excludes halogenated alkanes) is 1. The molecule has 1 N–H and O–H groups in total. The highest BCUT2D eigenvalue weighted by Gasteiger charge is 2.41. The standard InChI is InChI=1S/C25H32N2O3/c1-5-6-15-27-23(28)14-13-20(24(27)19-9-7-8-10-22(19)30-4)25(29)26-21-16-17(2)11-12-18(21)3/h7-12,16,20,24H,5-6,13-15H2,1-4H3,(H,26,29)/t20-,24+/m0/s1. The summed E-state index contributed by atoms with van der Waals surface area (Å²) in [5, 5.41) is 3.13. The van der Waals surface area contributed by atoms with Crippen molar-refractivity contribution in [2.45, 2.75) is 52.5 Å². The van der Waals surface area contributed by atoms with Gasteiger partial charge in [-0.15, -0.1) is 0 Å². The van der Waals surface area contributed by atoms with Crippen molar-refractivity contribution < 1.29 is 14.3 Å². The number of piperidine rings is 1. The fourth-order valence-electron chi connectivity index (χ4n) is 4.21. The van der Waals surface area contributed by atoms with Crippen molar-refractivity contribution in [2.75, 3.05) is 19.0 Å². The van der Waals surface area contributed by atoms with E-state index in [1.165, 1.54) is 0 Å². The molecule has 3 rings (SSSR count). The summed E-state index contributed by atoms with van der Waals surface area (Å²) >= 11 is 0. The Hall–Kier alpha value is -2.82. The van der Waals surface area contributed by atoms with Crippen molar-refractivity contribution in [3.8, 4) is 5.75 Å². The van der Waals surface area contributed by atoms with Gasteiger partial charge in [0.2, 0.25) is 11.8 Å². The van der Waals surface area contributed by atoms with E-state index in [1.54, 1.807) is 7.11 Å². The van der Waals surface area contributed by atoms with Crippen molar-refractivity contribution in [1.82, 2.24) is 4.90 Å². The maximum Gasteiger partial charge on any atom is 0.229 e. The summed E-state index contributed by atoms with van der Waals surface area (Å²) in [6.45, 7) is 6.76. The van der Waals surface area contributed by atoms with Crippen LogP contribution in [0.5, 0.6) is 5.75 Å². The van der Waals surface area contributed by atoms with Crippen molar-refractivity contribution in [3.05, 3.63) is 59.2 Å². The number of benzene rings is 2. The van der Waals surface area contributed by atoms with E-state index in [0.717, 1.165) is 35.2 Å². The van der Waals surface area contributed by atoms with E-state index < -0.39 is 0 Å². The predicted octanol–water partition coefficient (Wildman–Crippen LogP) is 5.03. The second-order valence-electron chi connectivity index (χ2n) is 8.08. The van der Waals surface area contributed by atoms with Crippen LogP contribution in [-0.4, -0.2) is 30.4 Å². The monoisotopic (exact) mass is 408 g/mol. The smallest absolute Gasteiger partial charge is 0.229 e. The molecule has 0 aromatic heterocycles. The van der Waals surface area contributed by atoms with Gasteiger partial charge in [0, 0.05) is 24.2 Å².